The summed E-state index contributed by atoms with van der Waals surface area (Å²) in [5.74, 6) is 0. The Morgan fingerprint density at radius 3 is 2.67 bits per heavy atom. The van der Waals surface area contributed by atoms with Gasteiger partial charge in [0, 0.05) is 31.9 Å². The van der Waals surface area contributed by atoms with Crippen molar-refractivity contribution in [3.05, 3.63) is 29.3 Å². The smallest absolute Gasteiger partial charge is 0.399 e. The molecule has 1 aromatic rings. The molecular weight excluding hydrogens is 307 g/mol. The van der Waals surface area contributed by atoms with Crippen LogP contribution in [0.4, 0.5) is 18.9 Å². The minimum Gasteiger partial charge on any atom is -0.399 e. The summed E-state index contributed by atoms with van der Waals surface area (Å²) in [5.41, 5.74) is 3.30. The number of nitrogens with zero attached hydrogens (tertiary/aromatic N) is 1. The van der Waals surface area contributed by atoms with Gasteiger partial charge in [-0.3, -0.25) is 4.90 Å². The van der Waals surface area contributed by atoms with Gasteiger partial charge in [0.15, 0.2) is 0 Å². The number of fused-ring (bicyclic) bond motifs is 1. The molecule has 1 aromatic carbocycles. The molecule has 5 nitrogen and oxygen atoms in total. The first-order valence-electron chi connectivity index (χ1n) is 6.34. The fraction of sp³-hybridized carbons (Fsp3) is 0.500. The van der Waals surface area contributed by atoms with Crippen molar-refractivity contribution in [2.24, 2.45) is 0 Å². The molecule has 0 spiro atoms. The first-order valence-corrected chi connectivity index (χ1v) is 7.83. The maximum absolute atomic E-state index is 12.2. The van der Waals surface area contributed by atoms with Crippen LogP contribution in [0.1, 0.15) is 11.1 Å². The van der Waals surface area contributed by atoms with Crippen molar-refractivity contribution < 1.29 is 21.6 Å². The van der Waals surface area contributed by atoms with Crippen LogP contribution < -0.4 is 10.5 Å². The van der Waals surface area contributed by atoms with Gasteiger partial charge < -0.3 is 5.73 Å². The Morgan fingerprint density at radius 2 is 2.00 bits per heavy atom. The predicted molar refractivity (Wildman–Crippen MR) is 72.8 cm³/mol. The lowest BCUT2D eigenvalue weighted by atomic mass is 9.99. The van der Waals surface area contributed by atoms with Crippen LogP contribution in [0, 0.1) is 0 Å². The highest BCUT2D eigenvalue weighted by atomic mass is 32.2. The maximum atomic E-state index is 12.2. The van der Waals surface area contributed by atoms with Crippen molar-refractivity contribution in [3.8, 4) is 0 Å². The molecule has 1 heterocycles. The van der Waals surface area contributed by atoms with E-state index in [9.17, 15) is 21.6 Å². The van der Waals surface area contributed by atoms with Gasteiger partial charge in [-0.15, -0.1) is 0 Å². The SMILES string of the molecule is Nc1ccc2c(c1)CCN(CCNS(=O)(=O)C(F)(F)F)C2. The van der Waals surface area contributed by atoms with Gasteiger partial charge in [-0.05, 0) is 29.7 Å². The summed E-state index contributed by atoms with van der Waals surface area (Å²) < 4.78 is 59.8. The summed E-state index contributed by atoms with van der Waals surface area (Å²) in [6.07, 6.45) is 0.742. The normalized spacial score (nSPS) is 16.7. The first-order chi connectivity index (χ1) is 9.69. The van der Waals surface area contributed by atoms with Crippen LogP contribution in [0.25, 0.3) is 0 Å². The third-order valence-corrected chi connectivity index (χ3v) is 4.54. The van der Waals surface area contributed by atoms with Crippen LogP contribution in [0.3, 0.4) is 0 Å². The highest BCUT2D eigenvalue weighted by Gasteiger charge is 2.45. The van der Waals surface area contributed by atoms with Crippen molar-refractivity contribution in [1.82, 2.24) is 9.62 Å². The van der Waals surface area contributed by atoms with E-state index < -0.39 is 15.5 Å². The highest BCUT2D eigenvalue weighted by molar-refractivity contribution is 7.90. The molecule has 0 unspecified atom stereocenters. The second kappa shape index (κ2) is 5.82. The molecule has 118 valence electrons. The Hall–Kier alpha value is -1.32. The monoisotopic (exact) mass is 323 g/mol. The largest absolute Gasteiger partial charge is 0.511 e. The molecule has 0 amide bonds. The van der Waals surface area contributed by atoms with Crippen LogP contribution in [0.5, 0.6) is 0 Å². The van der Waals surface area contributed by atoms with Crippen molar-refractivity contribution in [1.29, 1.82) is 0 Å². The van der Waals surface area contributed by atoms with Crippen molar-refractivity contribution in [2.45, 2.75) is 18.5 Å². The molecule has 0 aromatic heterocycles. The number of rotatable bonds is 4. The molecule has 0 fully saturated rings. The van der Waals surface area contributed by atoms with E-state index in [0.29, 0.717) is 18.8 Å². The third kappa shape index (κ3) is 3.86. The number of halogens is 3. The third-order valence-electron chi connectivity index (χ3n) is 3.35. The van der Waals surface area contributed by atoms with Crippen LogP contribution in [-0.2, 0) is 23.0 Å². The topological polar surface area (TPSA) is 75.4 Å². The summed E-state index contributed by atoms with van der Waals surface area (Å²) in [4.78, 5) is 1.90. The lowest BCUT2D eigenvalue weighted by molar-refractivity contribution is -0.0448. The molecule has 1 aliphatic rings. The molecule has 9 heteroatoms. The molecule has 1 aliphatic heterocycles. The Morgan fingerprint density at radius 1 is 1.29 bits per heavy atom. The highest BCUT2D eigenvalue weighted by Crippen LogP contribution is 2.22. The quantitative estimate of drug-likeness (QED) is 0.813. The fourth-order valence-electron chi connectivity index (χ4n) is 2.24. The number of nitrogens with one attached hydrogen (secondary N) is 1. The zero-order valence-corrected chi connectivity index (χ0v) is 12.0. The number of alkyl halides is 3. The lowest BCUT2D eigenvalue weighted by Gasteiger charge is -2.28. The van der Waals surface area contributed by atoms with Gasteiger partial charge in [0.25, 0.3) is 0 Å². The molecule has 0 bridgehead atoms. The van der Waals surface area contributed by atoms with Crippen LogP contribution in [0.2, 0.25) is 0 Å². The average Bonchev–Trinajstić information content (AvgIpc) is 2.37. The van der Waals surface area contributed by atoms with Crippen molar-refractivity contribution >= 4 is 15.7 Å². The number of nitrogen functional groups attached to an aromatic ring is 1. The maximum Gasteiger partial charge on any atom is 0.511 e. The number of benzene rings is 1. The molecular formula is C12H16F3N3O2S. The molecule has 2 rings (SSSR count). The predicted octanol–water partition coefficient (Wildman–Crippen LogP) is 1.07. The van der Waals surface area contributed by atoms with Crippen LogP contribution in [-0.4, -0.2) is 38.5 Å². The zero-order chi connectivity index (χ0) is 15.7. The van der Waals surface area contributed by atoms with Crippen molar-refractivity contribution in [2.75, 3.05) is 25.4 Å². The Labute approximate surface area is 121 Å². The van der Waals surface area contributed by atoms with E-state index in [1.54, 1.807) is 10.8 Å². The van der Waals surface area contributed by atoms with Gasteiger partial charge in [-0.25, -0.2) is 13.1 Å². The Balaban J connectivity index is 1.88. The first kappa shape index (κ1) is 16.1. The van der Waals surface area contributed by atoms with Crippen molar-refractivity contribution in [3.63, 3.8) is 0 Å². The number of anilines is 1. The molecule has 3 N–H and O–H groups in total. The van der Waals surface area contributed by atoms with Gasteiger partial charge in [-0.2, -0.15) is 13.2 Å². The molecule has 0 aliphatic carbocycles. The second-order valence-electron chi connectivity index (χ2n) is 4.90. The molecule has 0 atom stereocenters. The minimum atomic E-state index is -5.26. The number of hydrogen-bond acceptors (Lipinski definition) is 4. The molecule has 0 saturated heterocycles. The van der Waals surface area contributed by atoms with E-state index in [0.717, 1.165) is 17.5 Å². The molecule has 21 heavy (non-hydrogen) atoms. The standard InChI is InChI=1S/C12H16F3N3O2S/c13-12(14,15)21(19,20)17-4-6-18-5-3-9-7-11(16)2-1-10(9)8-18/h1-2,7,17H,3-6,8,16H2. The van der Waals surface area contributed by atoms with Gasteiger partial charge in [0.05, 0.1) is 0 Å². The Kier molecular flexibility index (Phi) is 4.45. The summed E-state index contributed by atoms with van der Waals surface area (Å²) in [6, 6.07) is 5.55. The van der Waals surface area contributed by atoms with Gasteiger partial charge in [0.2, 0.25) is 0 Å². The van der Waals surface area contributed by atoms with Crippen LogP contribution >= 0.6 is 0 Å². The van der Waals surface area contributed by atoms with Gasteiger partial charge in [-0.1, -0.05) is 6.07 Å². The fourth-order valence-corrected chi connectivity index (χ4v) is 2.77. The summed E-state index contributed by atoms with van der Waals surface area (Å²) in [7, 11) is -5.26. The Bertz CT molecular complexity index is 617. The number of hydrogen-bond donors (Lipinski definition) is 2. The molecule has 0 saturated carbocycles. The summed E-state index contributed by atoms with van der Waals surface area (Å²) >= 11 is 0. The van der Waals surface area contributed by atoms with E-state index in [4.69, 9.17) is 5.73 Å². The summed E-state index contributed by atoms with van der Waals surface area (Å²) in [6.45, 7) is 1.18. The van der Waals surface area contributed by atoms with E-state index in [2.05, 4.69) is 0 Å². The van der Waals surface area contributed by atoms with Gasteiger partial charge in [0.1, 0.15) is 0 Å². The lowest BCUT2D eigenvalue weighted by Crippen LogP contribution is -2.42. The van der Waals surface area contributed by atoms with E-state index in [1.807, 2.05) is 17.0 Å². The van der Waals surface area contributed by atoms with Gasteiger partial charge >= 0.3 is 15.5 Å². The number of nitrogens with two attached hydrogens (primary N) is 1. The van der Waals surface area contributed by atoms with E-state index in [-0.39, 0.29) is 13.1 Å². The number of sulfonamides is 1. The minimum absolute atomic E-state index is 0.221. The molecule has 0 radical (unpaired) electrons. The van der Waals surface area contributed by atoms with E-state index in [1.165, 1.54) is 0 Å². The van der Waals surface area contributed by atoms with Crippen LogP contribution in [0.15, 0.2) is 18.2 Å². The summed E-state index contributed by atoms with van der Waals surface area (Å²) in [5, 5.41) is 0. The zero-order valence-electron chi connectivity index (χ0n) is 11.2. The average molecular weight is 323 g/mol. The second-order valence-corrected chi connectivity index (χ2v) is 6.66. The van der Waals surface area contributed by atoms with E-state index >= 15 is 0 Å².